The Bertz CT molecular complexity index is 662. The van der Waals surface area contributed by atoms with Gasteiger partial charge >= 0.3 is 0 Å². The van der Waals surface area contributed by atoms with Crippen molar-refractivity contribution in [1.29, 1.82) is 0 Å². The number of nitro benzene ring substituents is 1. The van der Waals surface area contributed by atoms with Crippen LogP contribution in [0.15, 0.2) is 23.1 Å². The molecule has 0 bridgehead atoms. The number of amides is 2. The molecule has 0 aliphatic carbocycles. The van der Waals surface area contributed by atoms with Gasteiger partial charge in [0.2, 0.25) is 0 Å². The maximum absolute atomic E-state index is 12.0. The van der Waals surface area contributed by atoms with Crippen LogP contribution in [0, 0.1) is 10.1 Å². The average Bonchev–Trinajstić information content (AvgIpc) is 2.69. The minimum atomic E-state index is -0.611. The standard InChI is InChI=1S/C12H10ClN3O4S/c13-8-2-1-7(5-9(8)16(19)20)6-10-11(17)15(4-3-14)12(18)21-10/h1-2,5-6H,3-4,14H2/b10-6-. The molecular weight excluding hydrogens is 318 g/mol. The quantitative estimate of drug-likeness (QED) is 0.516. The number of rotatable bonds is 4. The maximum atomic E-state index is 12.0. The molecule has 1 aromatic rings. The molecule has 7 nitrogen and oxygen atoms in total. The van der Waals surface area contributed by atoms with E-state index in [9.17, 15) is 19.7 Å². The summed E-state index contributed by atoms with van der Waals surface area (Å²) in [6.07, 6.45) is 1.42. The molecule has 1 aliphatic heterocycles. The third-order valence-electron chi connectivity index (χ3n) is 2.69. The zero-order valence-electron chi connectivity index (χ0n) is 10.6. The van der Waals surface area contributed by atoms with Gasteiger partial charge in [0, 0.05) is 19.2 Å². The number of carbonyl (C=O) groups excluding carboxylic acids is 2. The van der Waals surface area contributed by atoms with Crippen molar-refractivity contribution in [3.63, 3.8) is 0 Å². The summed E-state index contributed by atoms with van der Waals surface area (Å²) in [5.41, 5.74) is 5.50. The second kappa shape index (κ2) is 6.25. The van der Waals surface area contributed by atoms with Crippen molar-refractivity contribution in [1.82, 2.24) is 4.90 Å². The van der Waals surface area contributed by atoms with E-state index < -0.39 is 16.1 Å². The molecule has 1 aromatic carbocycles. The lowest BCUT2D eigenvalue weighted by Crippen LogP contribution is -2.33. The highest BCUT2D eigenvalue weighted by atomic mass is 35.5. The van der Waals surface area contributed by atoms with E-state index in [4.69, 9.17) is 17.3 Å². The van der Waals surface area contributed by atoms with E-state index in [2.05, 4.69) is 0 Å². The molecule has 2 rings (SSSR count). The van der Waals surface area contributed by atoms with Gasteiger partial charge in [0.25, 0.3) is 16.8 Å². The van der Waals surface area contributed by atoms with Crippen LogP contribution < -0.4 is 5.73 Å². The van der Waals surface area contributed by atoms with Gasteiger partial charge in [0.1, 0.15) is 5.02 Å². The van der Waals surface area contributed by atoms with Gasteiger partial charge in [-0.05, 0) is 29.5 Å². The predicted octanol–water partition coefficient (Wildman–Crippen LogP) is 2.24. The molecule has 110 valence electrons. The summed E-state index contributed by atoms with van der Waals surface area (Å²) in [7, 11) is 0. The van der Waals surface area contributed by atoms with E-state index in [-0.39, 0.29) is 28.7 Å². The summed E-state index contributed by atoms with van der Waals surface area (Å²) in [6, 6.07) is 4.15. The van der Waals surface area contributed by atoms with Gasteiger partial charge < -0.3 is 5.73 Å². The molecule has 0 atom stereocenters. The number of hydrogen-bond donors (Lipinski definition) is 1. The molecule has 0 spiro atoms. The highest BCUT2D eigenvalue weighted by Crippen LogP contribution is 2.33. The lowest BCUT2D eigenvalue weighted by Gasteiger charge is -2.09. The van der Waals surface area contributed by atoms with Crippen LogP contribution in [-0.2, 0) is 4.79 Å². The number of nitrogens with zero attached hydrogens (tertiary/aromatic N) is 2. The van der Waals surface area contributed by atoms with E-state index in [0.29, 0.717) is 5.56 Å². The third kappa shape index (κ3) is 3.23. The predicted molar refractivity (Wildman–Crippen MR) is 79.8 cm³/mol. The lowest BCUT2D eigenvalue weighted by molar-refractivity contribution is -0.384. The van der Waals surface area contributed by atoms with E-state index >= 15 is 0 Å². The van der Waals surface area contributed by atoms with Crippen LogP contribution in [0.1, 0.15) is 5.56 Å². The molecular formula is C12H10ClN3O4S. The number of nitrogens with two attached hydrogens (primary N) is 1. The van der Waals surface area contributed by atoms with Crippen molar-refractivity contribution in [2.75, 3.05) is 13.1 Å². The summed E-state index contributed by atoms with van der Waals surface area (Å²) >= 11 is 6.49. The van der Waals surface area contributed by atoms with E-state index in [0.717, 1.165) is 16.7 Å². The zero-order chi connectivity index (χ0) is 15.6. The SMILES string of the molecule is NCCN1C(=O)S/C(=C\c2ccc(Cl)c([N+](=O)[O-])c2)C1=O. The Hall–Kier alpha value is -1.90. The Morgan fingerprint density at radius 1 is 1.43 bits per heavy atom. The fraction of sp³-hybridized carbons (Fsp3) is 0.167. The van der Waals surface area contributed by atoms with Crippen LogP contribution >= 0.6 is 23.4 Å². The second-order valence-electron chi connectivity index (χ2n) is 4.09. The van der Waals surface area contributed by atoms with Crippen molar-refractivity contribution in [3.8, 4) is 0 Å². The van der Waals surface area contributed by atoms with Gasteiger partial charge in [0.15, 0.2) is 0 Å². The normalized spacial score (nSPS) is 16.9. The number of thioether (sulfide) groups is 1. The summed E-state index contributed by atoms with van der Waals surface area (Å²) in [4.78, 5) is 35.1. The lowest BCUT2D eigenvalue weighted by atomic mass is 10.2. The van der Waals surface area contributed by atoms with Gasteiger partial charge in [-0.3, -0.25) is 24.6 Å². The number of imide groups is 1. The molecule has 0 aromatic heterocycles. The molecule has 1 saturated heterocycles. The number of halogens is 1. The fourth-order valence-electron chi connectivity index (χ4n) is 1.73. The number of hydrogen-bond acceptors (Lipinski definition) is 6. The van der Waals surface area contributed by atoms with Gasteiger partial charge in [-0.15, -0.1) is 0 Å². The first kappa shape index (κ1) is 15.5. The Balaban J connectivity index is 2.33. The molecule has 2 amide bonds. The molecule has 0 saturated carbocycles. The number of benzene rings is 1. The second-order valence-corrected chi connectivity index (χ2v) is 5.49. The minimum Gasteiger partial charge on any atom is -0.329 e. The van der Waals surface area contributed by atoms with Crippen LogP contribution in [-0.4, -0.2) is 34.1 Å². The molecule has 1 heterocycles. The van der Waals surface area contributed by atoms with Gasteiger partial charge in [-0.2, -0.15) is 0 Å². The summed E-state index contributed by atoms with van der Waals surface area (Å²) < 4.78 is 0. The monoisotopic (exact) mass is 327 g/mol. The van der Waals surface area contributed by atoms with E-state index in [1.807, 2.05) is 0 Å². The Labute approximate surface area is 128 Å². The molecule has 2 N–H and O–H groups in total. The summed E-state index contributed by atoms with van der Waals surface area (Å²) in [6.45, 7) is 0.320. The van der Waals surface area contributed by atoms with Crippen molar-refractivity contribution in [3.05, 3.63) is 43.8 Å². The highest BCUT2D eigenvalue weighted by Gasteiger charge is 2.34. The van der Waals surface area contributed by atoms with Crippen LogP contribution in [0.3, 0.4) is 0 Å². The minimum absolute atomic E-state index is 0.00776. The van der Waals surface area contributed by atoms with Crippen molar-refractivity contribution in [2.45, 2.75) is 0 Å². The van der Waals surface area contributed by atoms with E-state index in [1.54, 1.807) is 0 Å². The first-order chi connectivity index (χ1) is 9.93. The van der Waals surface area contributed by atoms with Crippen molar-refractivity contribution >= 4 is 46.3 Å². The first-order valence-corrected chi connectivity index (χ1v) is 7.03. The fourth-order valence-corrected chi connectivity index (χ4v) is 2.78. The van der Waals surface area contributed by atoms with Crippen LogP contribution in [0.4, 0.5) is 10.5 Å². The van der Waals surface area contributed by atoms with Crippen LogP contribution in [0.2, 0.25) is 5.02 Å². The highest BCUT2D eigenvalue weighted by molar-refractivity contribution is 8.18. The van der Waals surface area contributed by atoms with Crippen molar-refractivity contribution < 1.29 is 14.5 Å². The Kier molecular flexibility index (Phi) is 4.61. The Morgan fingerprint density at radius 3 is 2.76 bits per heavy atom. The van der Waals surface area contributed by atoms with Gasteiger partial charge in [0.05, 0.1) is 9.83 Å². The van der Waals surface area contributed by atoms with Crippen LogP contribution in [0.5, 0.6) is 0 Å². The largest absolute Gasteiger partial charge is 0.329 e. The molecule has 21 heavy (non-hydrogen) atoms. The first-order valence-electron chi connectivity index (χ1n) is 5.83. The van der Waals surface area contributed by atoms with Gasteiger partial charge in [-0.25, -0.2) is 0 Å². The molecule has 9 heteroatoms. The number of carbonyl (C=O) groups is 2. The smallest absolute Gasteiger partial charge is 0.293 e. The summed E-state index contributed by atoms with van der Waals surface area (Å²) in [5, 5.41) is 10.4. The third-order valence-corrected chi connectivity index (χ3v) is 3.92. The van der Waals surface area contributed by atoms with E-state index in [1.165, 1.54) is 24.3 Å². The molecule has 0 unspecified atom stereocenters. The molecule has 1 fully saturated rings. The average molecular weight is 328 g/mol. The van der Waals surface area contributed by atoms with Crippen molar-refractivity contribution in [2.24, 2.45) is 5.73 Å². The topological polar surface area (TPSA) is 107 Å². The maximum Gasteiger partial charge on any atom is 0.293 e. The number of nitro groups is 1. The Morgan fingerprint density at radius 2 is 2.14 bits per heavy atom. The summed E-state index contributed by atoms with van der Waals surface area (Å²) in [5.74, 6) is -0.451. The molecule has 0 radical (unpaired) electrons. The van der Waals surface area contributed by atoms with Crippen LogP contribution in [0.25, 0.3) is 6.08 Å². The zero-order valence-corrected chi connectivity index (χ0v) is 12.2. The molecule has 1 aliphatic rings. The van der Waals surface area contributed by atoms with Gasteiger partial charge in [-0.1, -0.05) is 17.7 Å².